The summed E-state index contributed by atoms with van der Waals surface area (Å²) in [5.41, 5.74) is -2.36. The highest BCUT2D eigenvalue weighted by molar-refractivity contribution is 6.76. The van der Waals surface area contributed by atoms with E-state index >= 15 is 0 Å². The predicted molar refractivity (Wildman–Crippen MR) is 126 cm³/mol. The number of halogens is 3. The minimum absolute atomic E-state index is 0.0683. The van der Waals surface area contributed by atoms with Gasteiger partial charge in [0.25, 0.3) is 15.3 Å². The summed E-state index contributed by atoms with van der Waals surface area (Å²) < 4.78 is 21.7. The molecule has 16 heteroatoms. The maximum Gasteiger partial charge on any atom is 0.330 e. The molecule has 0 aromatic carbocycles. The molecule has 2 aliphatic rings. The average molecular weight is 572 g/mol. The molecule has 200 valence electrons. The van der Waals surface area contributed by atoms with Crippen molar-refractivity contribution in [2.24, 2.45) is 5.41 Å². The lowest BCUT2D eigenvalue weighted by Crippen LogP contribution is -2.63. The van der Waals surface area contributed by atoms with Gasteiger partial charge in [-0.05, 0) is 20.8 Å². The highest BCUT2D eigenvalue weighted by Crippen LogP contribution is 2.39. The Morgan fingerprint density at radius 1 is 1.17 bits per heavy atom. The van der Waals surface area contributed by atoms with Crippen molar-refractivity contribution in [1.82, 2.24) is 20.2 Å². The number of imide groups is 1. The van der Waals surface area contributed by atoms with Gasteiger partial charge in [0.15, 0.2) is 12.3 Å². The van der Waals surface area contributed by atoms with Crippen LogP contribution in [0, 0.1) is 5.41 Å². The molecule has 2 fully saturated rings. The van der Waals surface area contributed by atoms with Gasteiger partial charge < -0.3 is 24.3 Å². The van der Waals surface area contributed by atoms with E-state index in [-0.39, 0.29) is 6.61 Å². The second kappa shape index (κ2) is 10.7. The number of fused-ring (bicyclic) bond motifs is 1. The van der Waals surface area contributed by atoms with Crippen molar-refractivity contribution in [2.75, 3.05) is 13.7 Å². The molecule has 2 aliphatic heterocycles. The van der Waals surface area contributed by atoms with Gasteiger partial charge in [0.2, 0.25) is 0 Å². The maximum atomic E-state index is 12.7. The van der Waals surface area contributed by atoms with Gasteiger partial charge in [-0.1, -0.05) is 34.8 Å². The van der Waals surface area contributed by atoms with Gasteiger partial charge in [-0.2, -0.15) is 0 Å². The third-order valence-electron chi connectivity index (χ3n) is 5.50. The molecule has 0 aliphatic carbocycles. The molecule has 0 bridgehead atoms. The largest absolute Gasteiger partial charge is 0.454 e. The molecule has 3 rings (SSSR count). The fraction of sp³-hybridized carbons (Fsp3) is 0.650. The maximum absolute atomic E-state index is 12.7. The fourth-order valence-corrected chi connectivity index (χ4v) is 3.84. The second-order valence-corrected chi connectivity index (χ2v) is 11.4. The number of carbonyl (C=O) groups excluding carboxylic acids is 3. The predicted octanol–water partition coefficient (Wildman–Crippen LogP) is 0.370. The number of aromatic nitrogens is 2. The van der Waals surface area contributed by atoms with Gasteiger partial charge in [-0.3, -0.25) is 29.3 Å². The topological polar surface area (TPSA) is 167 Å². The van der Waals surface area contributed by atoms with Crippen LogP contribution in [0.1, 0.15) is 27.0 Å². The zero-order valence-electron chi connectivity index (χ0n) is 19.6. The van der Waals surface area contributed by atoms with Crippen molar-refractivity contribution in [3.05, 3.63) is 33.1 Å². The number of H-pyrrole nitrogens is 1. The first-order chi connectivity index (χ1) is 16.6. The molecule has 36 heavy (non-hydrogen) atoms. The lowest BCUT2D eigenvalue weighted by Gasteiger charge is -2.39. The first-order valence-electron chi connectivity index (χ1n) is 10.6. The Bertz CT molecular complexity index is 1130. The number of carbonyl (C=O) groups is 3. The Kier molecular flexibility index (Phi) is 8.43. The standard InChI is InChI=1S/C20H25Cl3N4O9/c1-19(2,3)16(30)36-13-12-11(35-14(13)27-6-5-9(28)24-18(27)32)10(8(33-4)7-34-12)25-17(31)26-15(29)20(21,22)23/h5-6,8,10-14H,7H2,1-4H3,(H,24,28,32)(H2,25,26,29,31)/t8-,10-,11-,12-,13-,14-/m1/s1. The minimum Gasteiger partial charge on any atom is -0.454 e. The molecule has 0 unspecified atom stereocenters. The van der Waals surface area contributed by atoms with Crippen molar-refractivity contribution < 1.29 is 33.3 Å². The number of nitrogens with zero attached hydrogens (tertiary/aromatic N) is 1. The van der Waals surface area contributed by atoms with Crippen LogP contribution in [0.2, 0.25) is 0 Å². The molecule has 2 saturated heterocycles. The third-order valence-corrected chi connectivity index (χ3v) is 6.01. The normalized spacial score (nSPS) is 28.2. The average Bonchev–Trinajstić information content (AvgIpc) is 3.11. The van der Waals surface area contributed by atoms with Gasteiger partial charge in [-0.25, -0.2) is 9.59 Å². The number of esters is 1. The van der Waals surface area contributed by atoms with E-state index in [1.807, 2.05) is 5.32 Å². The van der Waals surface area contributed by atoms with E-state index in [0.717, 1.165) is 10.6 Å². The fourth-order valence-electron chi connectivity index (χ4n) is 3.69. The zero-order valence-corrected chi connectivity index (χ0v) is 21.8. The zero-order chi connectivity index (χ0) is 27.0. The molecule has 1 aromatic rings. The smallest absolute Gasteiger partial charge is 0.330 e. The monoisotopic (exact) mass is 570 g/mol. The number of methoxy groups -OCH3 is 1. The van der Waals surface area contributed by atoms with Crippen LogP contribution >= 0.6 is 34.8 Å². The van der Waals surface area contributed by atoms with E-state index in [1.165, 1.54) is 13.3 Å². The quantitative estimate of drug-likeness (QED) is 0.342. The van der Waals surface area contributed by atoms with Crippen LogP contribution < -0.4 is 21.9 Å². The van der Waals surface area contributed by atoms with Crippen molar-refractivity contribution in [1.29, 1.82) is 0 Å². The molecule has 3 N–H and O–H groups in total. The Labute approximate surface area is 219 Å². The summed E-state index contributed by atoms with van der Waals surface area (Å²) in [5.74, 6) is -1.79. The number of hydrogen-bond donors (Lipinski definition) is 3. The highest BCUT2D eigenvalue weighted by Gasteiger charge is 2.57. The van der Waals surface area contributed by atoms with E-state index in [4.69, 9.17) is 53.8 Å². The summed E-state index contributed by atoms with van der Waals surface area (Å²) in [5, 5.41) is 4.43. The molecule has 13 nitrogen and oxygen atoms in total. The first-order valence-corrected chi connectivity index (χ1v) is 11.8. The Morgan fingerprint density at radius 2 is 1.83 bits per heavy atom. The number of amides is 3. The number of hydrogen-bond acceptors (Lipinski definition) is 9. The van der Waals surface area contributed by atoms with Crippen LogP contribution in [0.3, 0.4) is 0 Å². The van der Waals surface area contributed by atoms with Crippen LogP contribution in [-0.4, -0.2) is 75.4 Å². The summed E-state index contributed by atoms with van der Waals surface area (Å²) in [6.07, 6.45) is -3.98. The van der Waals surface area contributed by atoms with E-state index in [0.29, 0.717) is 0 Å². The molecule has 0 spiro atoms. The Balaban J connectivity index is 1.95. The van der Waals surface area contributed by atoms with Crippen molar-refractivity contribution in [3.8, 4) is 0 Å². The van der Waals surface area contributed by atoms with Gasteiger partial charge in [0, 0.05) is 19.4 Å². The molecular weight excluding hydrogens is 547 g/mol. The van der Waals surface area contributed by atoms with Crippen LogP contribution in [0.15, 0.2) is 21.9 Å². The van der Waals surface area contributed by atoms with Gasteiger partial charge in [-0.15, -0.1) is 0 Å². The van der Waals surface area contributed by atoms with E-state index in [9.17, 15) is 24.0 Å². The Hall–Kier alpha value is -2.16. The third kappa shape index (κ3) is 6.21. The minimum atomic E-state index is -2.39. The molecule has 0 radical (unpaired) electrons. The van der Waals surface area contributed by atoms with Crippen LogP contribution in [0.25, 0.3) is 0 Å². The lowest BCUT2D eigenvalue weighted by molar-refractivity contribution is -0.174. The van der Waals surface area contributed by atoms with Crippen LogP contribution in [-0.2, 0) is 28.5 Å². The Morgan fingerprint density at radius 3 is 2.39 bits per heavy atom. The lowest BCUT2D eigenvalue weighted by atomic mass is 9.94. The summed E-state index contributed by atoms with van der Waals surface area (Å²) in [4.78, 5) is 63.3. The van der Waals surface area contributed by atoms with Gasteiger partial charge in [0.05, 0.1) is 18.1 Å². The van der Waals surface area contributed by atoms with Gasteiger partial charge >= 0.3 is 17.7 Å². The van der Waals surface area contributed by atoms with E-state index in [2.05, 4.69) is 10.3 Å². The van der Waals surface area contributed by atoms with Gasteiger partial charge in [0.1, 0.15) is 18.3 Å². The van der Waals surface area contributed by atoms with Crippen molar-refractivity contribution in [3.63, 3.8) is 0 Å². The summed E-state index contributed by atoms with van der Waals surface area (Å²) in [6.45, 7) is 4.86. The number of nitrogens with one attached hydrogen (secondary N) is 3. The molecule has 0 saturated carbocycles. The summed E-state index contributed by atoms with van der Waals surface area (Å²) in [6, 6.07) is -0.883. The highest BCUT2D eigenvalue weighted by atomic mass is 35.6. The molecule has 3 heterocycles. The van der Waals surface area contributed by atoms with Crippen molar-refractivity contribution >= 4 is 52.7 Å². The number of urea groups is 1. The molecular formula is C20H25Cl3N4O9. The number of rotatable bonds is 4. The van der Waals surface area contributed by atoms with Crippen LogP contribution in [0.4, 0.5) is 4.79 Å². The number of ether oxygens (including phenoxy) is 4. The summed E-state index contributed by atoms with van der Waals surface area (Å²) >= 11 is 16.5. The first kappa shape index (κ1) is 28.4. The number of aromatic amines is 1. The molecule has 3 amide bonds. The van der Waals surface area contributed by atoms with E-state index < -0.39 is 75.0 Å². The van der Waals surface area contributed by atoms with Crippen molar-refractivity contribution in [2.45, 2.75) is 61.2 Å². The summed E-state index contributed by atoms with van der Waals surface area (Å²) in [7, 11) is 1.36. The molecule has 1 aromatic heterocycles. The van der Waals surface area contributed by atoms with Crippen LogP contribution in [0.5, 0.6) is 0 Å². The molecule has 6 atom stereocenters. The SMILES string of the molecule is CO[C@@H]1CO[C@@H]2[C@H](O[C@@H](n3ccc(=O)[nH]c3=O)[C@@H]2OC(=O)C(C)(C)C)[C@@H]1NC(=O)NC(=O)C(Cl)(Cl)Cl. The number of alkyl halides is 3. The second-order valence-electron chi connectivity index (χ2n) is 9.15. The van der Waals surface area contributed by atoms with E-state index in [1.54, 1.807) is 20.8 Å².